The Balaban J connectivity index is 2.02. The maximum Gasteiger partial charge on any atom is 0.133 e. The summed E-state index contributed by atoms with van der Waals surface area (Å²) < 4.78 is 1.03. The molecule has 0 saturated carbocycles. The Hall–Kier alpha value is -1.09. The van der Waals surface area contributed by atoms with Crippen LogP contribution in [0.3, 0.4) is 0 Å². The number of benzene rings is 2. The van der Waals surface area contributed by atoms with Crippen molar-refractivity contribution in [1.29, 1.82) is 0 Å². The van der Waals surface area contributed by atoms with Gasteiger partial charge in [0.05, 0.1) is 5.52 Å². The van der Waals surface area contributed by atoms with Crippen LogP contribution < -0.4 is 0 Å². The third kappa shape index (κ3) is 2.98. The van der Waals surface area contributed by atoms with Gasteiger partial charge in [-0.1, -0.05) is 51.3 Å². The van der Waals surface area contributed by atoms with Gasteiger partial charge in [-0.05, 0) is 47.5 Å². The second kappa shape index (κ2) is 5.72. The minimum atomic E-state index is 0.551. The van der Waals surface area contributed by atoms with E-state index in [1.54, 1.807) is 0 Å². The van der Waals surface area contributed by atoms with Crippen molar-refractivity contribution >= 4 is 50.0 Å². The summed E-state index contributed by atoms with van der Waals surface area (Å²) in [7, 11) is 0. The van der Waals surface area contributed by atoms with E-state index in [1.165, 1.54) is 0 Å². The normalized spacial score (nSPS) is 10.9. The van der Waals surface area contributed by atoms with Gasteiger partial charge in [0, 0.05) is 21.3 Å². The second-order valence-electron chi connectivity index (χ2n) is 4.58. The molecule has 3 aromatic rings. The number of hydrogen-bond acceptors (Lipinski definition) is 1. The number of halogens is 3. The molecular formula is C16H10BrCl2N. The van der Waals surface area contributed by atoms with Gasteiger partial charge in [0.1, 0.15) is 5.15 Å². The molecule has 0 radical (unpaired) electrons. The molecule has 0 amide bonds. The van der Waals surface area contributed by atoms with Crippen molar-refractivity contribution in [3.63, 3.8) is 0 Å². The first kappa shape index (κ1) is 13.9. The first-order valence-corrected chi connectivity index (χ1v) is 7.66. The van der Waals surface area contributed by atoms with E-state index in [0.29, 0.717) is 5.15 Å². The zero-order valence-corrected chi connectivity index (χ0v) is 13.5. The molecule has 2 aromatic carbocycles. The molecule has 0 fully saturated rings. The maximum absolute atomic E-state index is 6.28. The first-order valence-electron chi connectivity index (χ1n) is 6.11. The topological polar surface area (TPSA) is 12.9 Å². The Labute approximate surface area is 135 Å². The molecule has 0 aliphatic rings. The van der Waals surface area contributed by atoms with Crippen molar-refractivity contribution in [2.45, 2.75) is 6.42 Å². The third-order valence-corrected chi connectivity index (χ3v) is 4.18. The standard InChI is InChI=1S/C16H10BrCl2N/c17-13-3-6-15-11(9-13)8-12(16(19)20-15)7-10-1-4-14(18)5-2-10/h1-6,8-9H,7H2. The van der Waals surface area contributed by atoms with Crippen LogP contribution in [-0.4, -0.2) is 4.98 Å². The van der Waals surface area contributed by atoms with Crippen molar-refractivity contribution in [1.82, 2.24) is 4.98 Å². The first-order chi connectivity index (χ1) is 9.61. The van der Waals surface area contributed by atoms with E-state index in [1.807, 2.05) is 42.5 Å². The predicted molar refractivity (Wildman–Crippen MR) is 88.7 cm³/mol. The summed E-state index contributed by atoms with van der Waals surface area (Å²) in [5.74, 6) is 0. The molecule has 20 heavy (non-hydrogen) atoms. The van der Waals surface area contributed by atoms with Crippen LogP contribution in [0.2, 0.25) is 10.2 Å². The number of rotatable bonds is 2. The molecule has 0 aliphatic carbocycles. The zero-order chi connectivity index (χ0) is 14.1. The summed E-state index contributed by atoms with van der Waals surface area (Å²) in [6.45, 7) is 0. The van der Waals surface area contributed by atoms with Crippen LogP contribution in [0.25, 0.3) is 10.9 Å². The average molecular weight is 367 g/mol. The molecule has 0 atom stereocenters. The minimum absolute atomic E-state index is 0.551. The lowest BCUT2D eigenvalue weighted by Crippen LogP contribution is -1.92. The van der Waals surface area contributed by atoms with Gasteiger partial charge < -0.3 is 0 Å². The van der Waals surface area contributed by atoms with Crippen LogP contribution in [0.1, 0.15) is 11.1 Å². The summed E-state index contributed by atoms with van der Waals surface area (Å²) in [4.78, 5) is 4.45. The van der Waals surface area contributed by atoms with E-state index in [0.717, 1.165) is 37.9 Å². The molecule has 0 N–H and O–H groups in total. The lowest BCUT2D eigenvalue weighted by Gasteiger charge is -2.07. The van der Waals surface area contributed by atoms with E-state index < -0.39 is 0 Å². The van der Waals surface area contributed by atoms with E-state index in [2.05, 4.69) is 27.0 Å². The molecule has 0 unspecified atom stereocenters. The molecule has 1 nitrogen and oxygen atoms in total. The van der Waals surface area contributed by atoms with E-state index in [4.69, 9.17) is 23.2 Å². The molecule has 0 aliphatic heterocycles. The van der Waals surface area contributed by atoms with Gasteiger partial charge in [-0.3, -0.25) is 0 Å². The van der Waals surface area contributed by atoms with Crippen LogP contribution in [0.15, 0.2) is 53.0 Å². The zero-order valence-electron chi connectivity index (χ0n) is 10.4. The van der Waals surface area contributed by atoms with Gasteiger partial charge in [-0.25, -0.2) is 4.98 Å². The van der Waals surface area contributed by atoms with Crippen molar-refractivity contribution in [3.05, 3.63) is 74.3 Å². The Kier molecular flexibility index (Phi) is 3.97. The summed E-state index contributed by atoms with van der Waals surface area (Å²) in [5.41, 5.74) is 3.07. The molecule has 1 aromatic heterocycles. The number of nitrogens with zero attached hydrogens (tertiary/aromatic N) is 1. The molecule has 3 rings (SSSR count). The highest BCUT2D eigenvalue weighted by Crippen LogP contribution is 2.25. The van der Waals surface area contributed by atoms with Crippen molar-refractivity contribution in [2.24, 2.45) is 0 Å². The Morgan fingerprint density at radius 3 is 2.45 bits per heavy atom. The molecule has 0 saturated heterocycles. The fraction of sp³-hybridized carbons (Fsp3) is 0.0625. The molecular weight excluding hydrogens is 357 g/mol. The average Bonchev–Trinajstić information content (AvgIpc) is 2.42. The second-order valence-corrected chi connectivity index (χ2v) is 6.29. The van der Waals surface area contributed by atoms with Crippen LogP contribution in [0, 0.1) is 0 Å². The van der Waals surface area contributed by atoms with Crippen LogP contribution in [0.4, 0.5) is 0 Å². The summed E-state index contributed by atoms with van der Waals surface area (Å²) in [6, 6.07) is 15.8. The molecule has 0 bridgehead atoms. The van der Waals surface area contributed by atoms with Crippen molar-refractivity contribution < 1.29 is 0 Å². The summed E-state index contributed by atoms with van der Waals surface area (Å²) >= 11 is 15.6. The lowest BCUT2D eigenvalue weighted by atomic mass is 10.0. The maximum atomic E-state index is 6.28. The Morgan fingerprint density at radius 1 is 0.950 bits per heavy atom. The molecule has 0 spiro atoms. The molecule has 1 heterocycles. The highest BCUT2D eigenvalue weighted by Gasteiger charge is 2.06. The highest BCUT2D eigenvalue weighted by molar-refractivity contribution is 9.10. The third-order valence-electron chi connectivity index (χ3n) is 3.11. The van der Waals surface area contributed by atoms with Gasteiger partial charge in [0.25, 0.3) is 0 Å². The number of hydrogen-bond donors (Lipinski definition) is 0. The van der Waals surface area contributed by atoms with Gasteiger partial charge in [-0.2, -0.15) is 0 Å². The predicted octanol–water partition coefficient (Wildman–Crippen LogP) is 5.89. The van der Waals surface area contributed by atoms with Crippen molar-refractivity contribution in [2.75, 3.05) is 0 Å². The molecule has 100 valence electrons. The number of fused-ring (bicyclic) bond motifs is 1. The van der Waals surface area contributed by atoms with Crippen LogP contribution in [-0.2, 0) is 6.42 Å². The minimum Gasteiger partial charge on any atom is -0.236 e. The Morgan fingerprint density at radius 2 is 1.70 bits per heavy atom. The van der Waals surface area contributed by atoms with Gasteiger partial charge >= 0.3 is 0 Å². The van der Waals surface area contributed by atoms with Gasteiger partial charge in [-0.15, -0.1) is 0 Å². The quantitative estimate of drug-likeness (QED) is 0.515. The van der Waals surface area contributed by atoms with Gasteiger partial charge in [0.2, 0.25) is 0 Å². The SMILES string of the molecule is Clc1ccc(Cc2cc3cc(Br)ccc3nc2Cl)cc1. The van der Waals surface area contributed by atoms with E-state index in [9.17, 15) is 0 Å². The van der Waals surface area contributed by atoms with Crippen LogP contribution in [0.5, 0.6) is 0 Å². The number of pyridine rings is 1. The van der Waals surface area contributed by atoms with E-state index >= 15 is 0 Å². The monoisotopic (exact) mass is 365 g/mol. The summed E-state index contributed by atoms with van der Waals surface area (Å²) in [6.07, 6.45) is 0.742. The highest BCUT2D eigenvalue weighted by atomic mass is 79.9. The van der Waals surface area contributed by atoms with Crippen LogP contribution >= 0.6 is 39.1 Å². The molecule has 4 heteroatoms. The lowest BCUT2D eigenvalue weighted by molar-refractivity contribution is 1.17. The summed E-state index contributed by atoms with van der Waals surface area (Å²) in [5, 5.41) is 2.36. The van der Waals surface area contributed by atoms with E-state index in [-0.39, 0.29) is 0 Å². The van der Waals surface area contributed by atoms with Gasteiger partial charge in [0.15, 0.2) is 0 Å². The smallest absolute Gasteiger partial charge is 0.133 e. The Bertz CT molecular complexity index is 769. The van der Waals surface area contributed by atoms with Crippen molar-refractivity contribution in [3.8, 4) is 0 Å². The fourth-order valence-electron chi connectivity index (χ4n) is 2.11. The largest absolute Gasteiger partial charge is 0.236 e. The number of aromatic nitrogens is 1. The fourth-order valence-corrected chi connectivity index (χ4v) is 2.83.